The minimum absolute atomic E-state index is 0.0459. The highest BCUT2D eigenvalue weighted by atomic mass is 32.1. The zero-order valence-corrected chi connectivity index (χ0v) is 18.8. The molecule has 1 aromatic heterocycles. The van der Waals surface area contributed by atoms with E-state index < -0.39 is 0 Å². The van der Waals surface area contributed by atoms with Crippen molar-refractivity contribution in [3.63, 3.8) is 0 Å². The van der Waals surface area contributed by atoms with Crippen LogP contribution in [0.3, 0.4) is 0 Å². The third-order valence-corrected chi connectivity index (χ3v) is 5.75. The number of anilines is 1. The third-order valence-electron chi connectivity index (χ3n) is 4.71. The number of carbonyl (C=O) groups excluding carboxylic acids is 1. The van der Waals surface area contributed by atoms with Crippen LogP contribution in [0.2, 0.25) is 0 Å². The van der Waals surface area contributed by atoms with E-state index in [4.69, 9.17) is 9.72 Å². The number of nitrogens with zero attached hydrogens (tertiary/aromatic N) is 3. The highest BCUT2D eigenvalue weighted by Crippen LogP contribution is 2.31. The van der Waals surface area contributed by atoms with Gasteiger partial charge in [0.05, 0.1) is 16.3 Å². The molecular formula is C23H29N3O2S. The van der Waals surface area contributed by atoms with Gasteiger partial charge in [-0.15, -0.1) is 0 Å². The van der Waals surface area contributed by atoms with Crippen LogP contribution >= 0.6 is 11.3 Å². The van der Waals surface area contributed by atoms with E-state index in [1.807, 2.05) is 52.2 Å². The van der Waals surface area contributed by atoms with E-state index in [1.165, 1.54) is 11.1 Å². The lowest BCUT2D eigenvalue weighted by Crippen LogP contribution is -2.36. The van der Waals surface area contributed by atoms with Crippen molar-refractivity contribution in [1.82, 2.24) is 9.88 Å². The van der Waals surface area contributed by atoms with Crippen LogP contribution in [-0.2, 0) is 0 Å². The molecule has 3 aromatic rings. The third kappa shape index (κ3) is 5.14. The lowest BCUT2D eigenvalue weighted by Gasteiger charge is -2.22. The number of benzene rings is 2. The summed E-state index contributed by atoms with van der Waals surface area (Å²) >= 11 is 1.57. The fourth-order valence-corrected chi connectivity index (χ4v) is 4.04. The summed E-state index contributed by atoms with van der Waals surface area (Å²) in [5, 5.41) is 0.736. The Bertz CT molecular complexity index is 954. The number of aryl methyl sites for hydroxylation is 2. The molecule has 0 N–H and O–H groups in total. The molecule has 3 rings (SSSR count). The number of carbonyl (C=O) groups is 1. The highest BCUT2D eigenvalue weighted by Gasteiger charge is 2.22. The molecule has 0 aliphatic carbocycles. The number of ether oxygens (including phenoxy) is 1. The van der Waals surface area contributed by atoms with Crippen molar-refractivity contribution >= 4 is 32.6 Å². The van der Waals surface area contributed by atoms with Crippen LogP contribution in [0.15, 0.2) is 36.4 Å². The SMILES string of the molecule is Cc1cc2nc(N(CCN(C)C)C(=O)c3ccc(OC(C)C)cc3)sc2cc1C. The molecule has 0 aliphatic rings. The van der Waals surface area contributed by atoms with Gasteiger partial charge in [-0.2, -0.15) is 0 Å². The molecule has 0 bridgehead atoms. The predicted octanol–water partition coefficient (Wildman–Crippen LogP) is 4.91. The zero-order chi connectivity index (χ0) is 21.1. The van der Waals surface area contributed by atoms with Crippen molar-refractivity contribution in [2.24, 2.45) is 0 Å². The standard InChI is InChI=1S/C23H29N3O2S/c1-15(2)28-19-9-7-18(8-10-19)22(27)26(12-11-25(5)6)23-24-20-13-16(3)17(4)14-21(20)29-23/h7-10,13-15H,11-12H2,1-6H3. The Morgan fingerprint density at radius 1 is 1.07 bits per heavy atom. The van der Waals surface area contributed by atoms with Crippen molar-refractivity contribution in [1.29, 1.82) is 0 Å². The van der Waals surface area contributed by atoms with E-state index in [1.54, 1.807) is 16.2 Å². The topological polar surface area (TPSA) is 45.7 Å². The molecule has 0 radical (unpaired) electrons. The number of likely N-dealkylation sites (N-methyl/N-ethyl adjacent to an activating group) is 1. The summed E-state index contributed by atoms with van der Waals surface area (Å²) in [6.45, 7) is 9.49. The number of thiazole rings is 1. The molecule has 1 heterocycles. The number of aromatic nitrogens is 1. The first-order valence-electron chi connectivity index (χ1n) is 9.85. The summed E-state index contributed by atoms with van der Waals surface area (Å²) in [5.41, 5.74) is 4.02. The molecule has 5 nitrogen and oxygen atoms in total. The smallest absolute Gasteiger partial charge is 0.260 e. The Labute approximate surface area is 176 Å². The van der Waals surface area contributed by atoms with Gasteiger partial charge in [-0.1, -0.05) is 11.3 Å². The lowest BCUT2D eigenvalue weighted by molar-refractivity contribution is 0.0985. The average molecular weight is 412 g/mol. The van der Waals surface area contributed by atoms with E-state index in [0.717, 1.165) is 27.6 Å². The monoisotopic (exact) mass is 411 g/mol. The number of rotatable bonds is 7. The Hall–Kier alpha value is -2.44. The molecule has 0 fully saturated rings. The van der Waals surface area contributed by atoms with Crippen LogP contribution in [0, 0.1) is 13.8 Å². The maximum Gasteiger partial charge on any atom is 0.260 e. The first kappa shape index (κ1) is 21.3. The highest BCUT2D eigenvalue weighted by molar-refractivity contribution is 7.22. The van der Waals surface area contributed by atoms with Gasteiger partial charge < -0.3 is 9.64 Å². The maximum absolute atomic E-state index is 13.3. The van der Waals surface area contributed by atoms with Gasteiger partial charge in [0.25, 0.3) is 5.91 Å². The number of hydrogen-bond acceptors (Lipinski definition) is 5. The second-order valence-electron chi connectivity index (χ2n) is 7.85. The van der Waals surface area contributed by atoms with Crippen LogP contribution in [0.1, 0.15) is 35.3 Å². The average Bonchev–Trinajstić information content (AvgIpc) is 3.04. The summed E-state index contributed by atoms with van der Waals surface area (Å²) in [7, 11) is 4.01. The summed E-state index contributed by atoms with van der Waals surface area (Å²) in [4.78, 5) is 22.0. The Morgan fingerprint density at radius 3 is 2.34 bits per heavy atom. The largest absolute Gasteiger partial charge is 0.491 e. The number of amides is 1. The Balaban J connectivity index is 1.93. The molecule has 0 unspecified atom stereocenters. The molecule has 0 spiro atoms. The maximum atomic E-state index is 13.3. The first-order valence-corrected chi connectivity index (χ1v) is 10.7. The van der Waals surface area contributed by atoms with E-state index >= 15 is 0 Å². The minimum Gasteiger partial charge on any atom is -0.491 e. The predicted molar refractivity (Wildman–Crippen MR) is 122 cm³/mol. The first-order chi connectivity index (χ1) is 13.7. The van der Waals surface area contributed by atoms with Gasteiger partial charge in [0.15, 0.2) is 5.13 Å². The van der Waals surface area contributed by atoms with Crippen molar-refractivity contribution in [3.05, 3.63) is 53.1 Å². The van der Waals surface area contributed by atoms with Crippen molar-refractivity contribution in [3.8, 4) is 5.75 Å². The van der Waals surface area contributed by atoms with Crippen molar-refractivity contribution in [2.45, 2.75) is 33.8 Å². The summed E-state index contributed by atoms with van der Waals surface area (Å²) in [6, 6.07) is 11.6. The number of fused-ring (bicyclic) bond motifs is 1. The second-order valence-corrected chi connectivity index (χ2v) is 8.86. The molecule has 154 valence electrons. The molecule has 0 saturated heterocycles. The van der Waals surface area contributed by atoms with Crippen LogP contribution in [0.5, 0.6) is 5.75 Å². The molecular weight excluding hydrogens is 382 g/mol. The molecule has 2 aromatic carbocycles. The van der Waals surface area contributed by atoms with Crippen LogP contribution < -0.4 is 9.64 Å². The van der Waals surface area contributed by atoms with E-state index in [2.05, 4.69) is 30.9 Å². The molecule has 1 amide bonds. The van der Waals surface area contributed by atoms with Gasteiger partial charge in [-0.05, 0) is 89.3 Å². The molecule has 6 heteroatoms. The summed E-state index contributed by atoms with van der Waals surface area (Å²) in [5.74, 6) is 0.720. The lowest BCUT2D eigenvalue weighted by atomic mass is 10.1. The van der Waals surface area contributed by atoms with E-state index in [9.17, 15) is 4.79 Å². The van der Waals surface area contributed by atoms with Gasteiger partial charge >= 0.3 is 0 Å². The zero-order valence-electron chi connectivity index (χ0n) is 18.0. The molecule has 29 heavy (non-hydrogen) atoms. The molecule has 0 aliphatic heterocycles. The van der Waals surface area contributed by atoms with Crippen LogP contribution in [0.25, 0.3) is 10.2 Å². The van der Waals surface area contributed by atoms with Gasteiger partial charge in [0.1, 0.15) is 5.75 Å². The van der Waals surface area contributed by atoms with Gasteiger partial charge in [-0.25, -0.2) is 4.98 Å². The molecule has 0 saturated carbocycles. The quantitative estimate of drug-likeness (QED) is 0.554. The summed E-state index contributed by atoms with van der Waals surface area (Å²) in [6.07, 6.45) is 0.0998. The molecule has 0 atom stereocenters. The van der Waals surface area contributed by atoms with E-state index in [0.29, 0.717) is 12.1 Å². The minimum atomic E-state index is -0.0459. The fraction of sp³-hybridized carbons (Fsp3) is 0.391. The van der Waals surface area contributed by atoms with Gasteiger partial charge in [0.2, 0.25) is 0 Å². The Morgan fingerprint density at radius 2 is 1.72 bits per heavy atom. The summed E-state index contributed by atoms with van der Waals surface area (Å²) < 4.78 is 6.80. The number of hydrogen-bond donors (Lipinski definition) is 0. The second kappa shape index (κ2) is 8.93. The van der Waals surface area contributed by atoms with Crippen LogP contribution in [0.4, 0.5) is 5.13 Å². The van der Waals surface area contributed by atoms with Crippen molar-refractivity contribution < 1.29 is 9.53 Å². The normalized spacial score (nSPS) is 11.4. The Kier molecular flexibility index (Phi) is 6.55. The van der Waals surface area contributed by atoms with Gasteiger partial charge in [0, 0.05) is 18.7 Å². The van der Waals surface area contributed by atoms with Crippen LogP contribution in [-0.4, -0.2) is 49.1 Å². The van der Waals surface area contributed by atoms with Crippen molar-refractivity contribution in [2.75, 3.05) is 32.1 Å². The fourth-order valence-electron chi connectivity index (χ4n) is 2.97. The van der Waals surface area contributed by atoms with E-state index in [-0.39, 0.29) is 12.0 Å². The van der Waals surface area contributed by atoms with Gasteiger partial charge in [-0.3, -0.25) is 9.69 Å².